The highest BCUT2D eigenvalue weighted by Gasteiger charge is 2.39. The summed E-state index contributed by atoms with van der Waals surface area (Å²) < 4.78 is 8.47. The summed E-state index contributed by atoms with van der Waals surface area (Å²) in [6.07, 6.45) is 7.68. The number of halogens is 1. The molecule has 0 saturated carbocycles. The van der Waals surface area contributed by atoms with E-state index >= 15 is 0 Å². The molecule has 0 radical (unpaired) electrons. The zero-order valence-corrected chi connectivity index (χ0v) is 28.0. The predicted molar refractivity (Wildman–Crippen MR) is 179 cm³/mol. The summed E-state index contributed by atoms with van der Waals surface area (Å²) in [4.78, 5) is 74.5. The molecule has 1 unspecified atom stereocenters. The average molecular weight is 730 g/mol. The van der Waals surface area contributed by atoms with Gasteiger partial charge in [-0.2, -0.15) is 5.10 Å². The molecule has 3 aliphatic heterocycles. The van der Waals surface area contributed by atoms with Gasteiger partial charge in [-0.3, -0.25) is 39.0 Å². The lowest BCUT2D eigenvalue weighted by Crippen LogP contribution is -2.52. The molecule has 14 nitrogen and oxygen atoms in total. The fraction of sp³-hybridized carbons (Fsp3) is 0.353. The molecular formula is C34H33BrN8O6. The highest BCUT2D eigenvalue weighted by atomic mass is 79.9. The van der Waals surface area contributed by atoms with Crippen molar-refractivity contribution >= 4 is 56.5 Å². The zero-order chi connectivity index (χ0) is 34.1. The smallest absolute Gasteiger partial charge is 0.257 e. The number of rotatable bonds is 9. The van der Waals surface area contributed by atoms with Crippen LogP contribution in [0.2, 0.25) is 0 Å². The number of imide groups is 1. The van der Waals surface area contributed by atoms with E-state index in [-0.39, 0.29) is 68.6 Å². The summed E-state index contributed by atoms with van der Waals surface area (Å²) >= 11 is 3.54. The van der Waals surface area contributed by atoms with Crippen molar-refractivity contribution in [2.75, 3.05) is 26.2 Å². The lowest BCUT2D eigenvalue weighted by Gasteiger charge is -2.32. The topological polar surface area (TPSA) is 169 Å². The molecule has 0 bridgehead atoms. The monoisotopic (exact) mass is 728 g/mol. The standard InChI is InChI=1S/C34H33BrN8O6/c35-25-2-1-3-26-32(25)39-27(16-37-26)21-15-38-43(18-21)22-9-12-41(13-10-22)31(46)8-11-36-30(45)19-49-23-4-5-24-20(14-23)17-42(34(24)48)28-6-7-29(44)40-33(28)47/h1-5,14-16,18,22,28H,6-13,17,19H2,(H,36,45)(H,40,44,47). The number of para-hydroxylation sites is 1. The Bertz CT molecular complexity index is 1970. The number of amides is 5. The molecule has 0 spiro atoms. The minimum absolute atomic E-state index is 0.0262. The van der Waals surface area contributed by atoms with Crippen LogP contribution >= 0.6 is 15.9 Å². The minimum Gasteiger partial charge on any atom is -0.484 e. The molecule has 49 heavy (non-hydrogen) atoms. The second-order valence-electron chi connectivity index (χ2n) is 12.3. The van der Waals surface area contributed by atoms with Gasteiger partial charge in [0, 0.05) is 60.8 Å². The quantitative estimate of drug-likeness (QED) is 0.246. The van der Waals surface area contributed by atoms with Gasteiger partial charge in [0.1, 0.15) is 17.3 Å². The van der Waals surface area contributed by atoms with Crippen molar-refractivity contribution < 1.29 is 28.7 Å². The van der Waals surface area contributed by atoms with Crippen LogP contribution in [0.4, 0.5) is 0 Å². The summed E-state index contributed by atoms with van der Waals surface area (Å²) in [5.41, 5.74) is 4.37. The number of nitrogens with zero attached hydrogens (tertiary/aromatic N) is 6. The van der Waals surface area contributed by atoms with Gasteiger partial charge >= 0.3 is 0 Å². The van der Waals surface area contributed by atoms with E-state index in [4.69, 9.17) is 9.72 Å². The van der Waals surface area contributed by atoms with Gasteiger partial charge in [-0.1, -0.05) is 6.07 Å². The number of aromatic nitrogens is 4. The Kier molecular flexibility index (Phi) is 9.08. The number of hydrogen-bond donors (Lipinski definition) is 2. The fourth-order valence-electron chi connectivity index (χ4n) is 6.50. The van der Waals surface area contributed by atoms with Crippen molar-refractivity contribution in [3.8, 4) is 17.0 Å². The van der Waals surface area contributed by atoms with E-state index in [1.807, 2.05) is 34.0 Å². The summed E-state index contributed by atoms with van der Waals surface area (Å²) in [7, 11) is 0. The van der Waals surface area contributed by atoms with Crippen LogP contribution in [0, 0.1) is 0 Å². The van der Waals surface area contributed by atoms with Gasteiger partial charge in [0.05, 0.1) is 29.6 Å². The summed E-state index contributed by atoms with van der Waals surface area (Å²) in [5, 5.41) is 9.60. The van der Waals surface area contributed by atoms with E-state index in [1.54, 1.807) is 30.6 Å². The van der Waals surface area contributed by atoms with Crippen molar-refractivity contribution in [1.29, 1.82) is 0 Å². The first-order valence-electron chi connectivity index (χ1n) is 16.1. The van der Waals surface area contributed by atoms with E-state index < -0.39 is 11.9 Å². The van der Waals surface area contributed by atoms with Gasteiger partial charge in [0.25, 0.3) is 11.8 Å². The normalized spacial score (nSPS) is 18.1. The second kappa shape index (κ2) is 13.7. The predicted octanol–water partition coefficient (Wildman–Crippen LogP) is 2.77. The van der Waals surface area contributed by atoms with Crippen molar-refractivity contribution in [1.82, 2.24) is 40.2 Å². The number of piperidine rings is 2. The maximum atomic E-state index is 12.9. The number of nitrogens with one attached hydrogen (secondary N) is 2. The van der Waals surface area contributed by atoms with Crippen LogP contribution in [-0.2, 0) is 25.7 Å². The average Bonchev–Trinajstić information content (AvgIpc) is 3.72. The van der Waals surface area contributed by atoms with Gasteiger partial charge in [-0.05, 0) is 71.1 Å². The van der Waals surface area contributed by atoms with Crippen LogP contribution in [-0.4, -0.2) is 91.4 Å². The molecule has 2 aromatic carbocycles. The summed E-state index contributed by atoms with van der Waals surface area (Å²) in [6.45, 7) is 1.34. The number of fused-ring (bicyclic) bond motifs is 2. The van der Waals surface area contributed by atoms with Crippen LogP contribution < -0.4 is 15.4 Å². The zero-order valence-electron chi connectivity index (χ0n) is 26.4. The molecule has 3 aliphatic rings. The lowest BCUT2D eigenvalue weighted by molar-refractivity contribution is -0.137. The van der Waals surface area contributed by atoms with E-state index in [1.165, 1.54) is 4.90 Å². The third-order valence-corrected chi connectivity index (χ3v) is 9.78. The van der Waals surface area contributed by atoms with Gasteiger partial charge < -0.3 is 19.9 Å². The molecule has 1 atom stereocenters. The molecule has 2 N–H and O–H groups in total. The maximum Gasteiger partial charge on any atom is 0.257 e. The van der Waals surface area contributed by atoms with Crippen LogP contribution in [0.5, 0.6) is 5.75 Å². The molecule has 7 rings (SSSR count). The van der Waals surface area contributed by atoms with E-state index in [2.05, 4.69) is 36.6 Å². The van der Waals surface area contributed by atoms with Gasteiger partial charge in [-0.15, -0.1) is 0 Å². The van der Waals surface area contributed by atoms with Gasteiger partial charge in [0.15, 0.2) is 6.61 Å². The van der Waals surface area contributed by atoms with E-state index in [0.717, 1.165) is 39.6 Å². The molecule has 252 valence electrons. The second-order valence-corrected chi connectivity index (χ2v) is 13.1. The first kappa shape index (κ1) is 32.4. The summed E-state index contributed by atoms with van der Waals surface area (Å²) in [6, 6.07) is 10.1. The van der Waals surface area contributed by atoms with E-state index in [0.29, 0.717) is 30.0 Å². The van der Waals surface area contributed by atoms with Crippen LogP contribution in [0.1, 0.15) is 54.1 Å². The highest BCUT2D eigenvalue weighted by molar-refractivity contribution is 9.10. The number of carbonyl (C=O) groups excluding carboxylic acids is 5. The Labute approximate surface area is 289 Å². The fourth-order valence-corrected chi connectivity index (χ4v) is 6.94. The molecule has 5 heterocycles. The molecule has 5 amide bonds. The minimum atomic E-state index is -0.702. The number of carbonyl (C=O) groups is 5. The first-order valence-corrected chi connectivity index (χ1v) is 16.9. The lowest BCUT2D eigenvalue weighted by atomic mass is 10.0. The third kappa shape index (κ3) is 6.88. The van der Waals surface area contributed by atoms with Crippen LogP contribution in [0.25, 0.3) is 22.3 Å². The molecule has 0 aliphatic carbocycles. The Hall–Kier alpha value is -5.18. The number of likely N-dealkylation sites (tertiary alicyclic amines) is 1. The molecule has 2 saturated heterocycles. The van der Waals surface area contributed by atoms with Crippen molar-refractivity contribution in [2.24, 2.45) is 0 Å². The van der Waals surface area contributed by atoms with Crippen molar-refractivity contribution in [2.45, 2.75) is 50.7 Å². The summed E-state index contributed by atoms with van der Waals surface area (Å²) in [5.74, 6) is -1.08. The van der Waals surface area contributed by atoms with Gasteiger partial charge in [0.2, 0.25) is 17.7 Å². The SMILES string of the molecule is O=C(COc1ccc2c(c1)CN(C1CCC(=O)NC1=O)C2=O)NCCC(=O)N1CCC(n2cc(-c3cnc4cccc(Br)c4n3)cn2)CC1. The van der Waals surface area contributed by atoms with Crippen molar-refractivity contribution in [3.05, 3.63) is 70.6 Å². The maximum absolute atomic E-state index is 12.9. The first-order chi connectivity index (χ1) is 23.7. The number of benzene rings is 2. The largest absolute Gasteiger partial charge is 0.484 e. The van der Waals surface area contributed by atoms with E-state index in [9.17, 15) is 24.0 Å². The Balaban J connectivity index is 0.834. The van der Waals surface area contributed by atoms with Gasteiger partial charge in [-0.25, -0.2) is 4.98 Å². The van der Waals surface area contributed by atoms with Crippen molar-refractivity contribution in [3.63, 3.8) is 0 Å². The Morgan fingerprint density at radius 1 is 1.06 bits per heavy atom. The van der Waals surface area contributed by atoms with Crippen LogP contribution in [0.15, 0.2) is 59.5 Å². The number of hydrogen-bond acceptors (Lipinski definition) is 9. The molecule has 2 aromatic heterocycles. The molecule has 4 aromatic rings. The highest BCUT2D eigenvalue weighted by Crippen LogP contribution is 2.31. The Morgan fingerprint density at radius 2 is 1.90 bits per heavy atom. The molecular weight excluding hydrogens is 696 g/mol. The Morgan fingerprint density at radius 3 is 2.71 bits per heavy atom. The number of ether oxygens (including phenoxy) is 1. The molecule has 15 heteroatoms. The van der Waals surface area contributed by atoms with Crippen LogP contribution in [0.3, 0.4) is 0 Å². The third-order valence-electron chi connectivity index (χ3n) is 9.14. The molecule has 2 fully saturated rings.